The van der Waals surface area contributed by atoms with Crippen LogP contribution >= 0.6 is 0 Å². The largest absolute Gasteiger partial charge is 0.573 e. The lowest BCUT2D eigenvalue weighted by atomic mass is 10.2. The molecule has 0 saturated carbocycles. The lowest BCUT2D eigenvalue weighted by Gasteiger charge is -2.12. The smallest absolute Gasteiger partial charge is 0.404 e. The minimum atomic E-state index is -4.84. The Labute approximate surface area is 117 Å². The number of carbonyl (C=O) groups is 1. The van der Waals surface area contributed by atoms with E-state index in [9.17, 15) is 18.0 Å². The first-order valence-corrected chi connectivity index (χ1v) is 5.71. The quantitative estimate of drug-likeness (QED) is 0.851. The zero-order valence-electron chi connectivity index (χ0n) is 10.8. The van der Waals surface area contributed by atoms with E-state index in [1.807, 2.05) is 0 Å². The Bertz CT molecular complexity index is 667. The maximum atomic E-state index is 12.1. The second-order valence-electron chi connectivity index (χ2n) is 4.09. The van der Waals surface area contributed by atoms with Crippen LogP contribution in [-0.2, 0) is 7.05 Å². The van der Waals surface area contributed by atoms with Crippen LogP contribution in [0.5, 0.6) is 5.75 Å². The first-order chi connectivity index (χ1) is 9.76. The summed E-state index contributed by atoms with van der Waals surface area (Å²) in [6, 6.07) is 4.85. The SMILES string of the molecule is Cn1nccc1NC(=O)c1ccc(OC(F)(F)F)c(N)c1. The Morgan fingerprint density at radius 3 is 2.62 bits per heavy atom. The molecule has 0 unspecified atom stereocenters. The molecule has 6 nitrogen and oxygen atoms in total. The average molecular weight is 300 g/mol. The number of hydrogen-bond donors (Lipinski definition) is 2. The van der Waals surface area contributed by atoms with E-state index in [4.69, 9.17) is 5.73 Å². The molecule has 0 aliphatic carbocycles. The topological polar surface area (TPSA) is 82.2 Å². The van der Waals surface area contributed by atoms with Crippen molar-refractivity contribution in [1.29, 1.82) is 0 Å². The zero-order valence-corrected chi connectivity index (χ0v) is 10.8. The van der Waals surface area contributed by atoms with E-state index < -0.39 is 18.0 Å². The third kappa shape index (κ3) is 3.65. The molecule has 9 heteroatoms. The summed E-state index contributed by atoms with van der Waals surface area (Å²) in [5.41, 5.74) is 5.26. The van der Waals surface area contributed by atoms with Crippen molar-refractivity contribution in [2.45, 2.75) is 6.36 Å². The second kappa shape index (κ2) is 5.35. The van der Waals surface area contributed by atoms with Gasteiger partial charge in [0.2, 0.25) is 0 Å². The highest BCUT2D eigenvalue weighted by Gasteiger charge is 2.32. The molecule has 1 heterocycles. The van der Waals surface area contributed by atoms with Crippen molar-refractivity contribution in [2.24, 2.45) is 7.05 Å². The Hall–Kier alpha value is -2.71. The van der Waals surface area contributed by atoms with E-state index in [1.54, 1.807) is 13.1 Å². The molecule has 1 aromatic heterocycles. The number of aryl methyl sites for hydroxylation is 1. The molecule has 0 radical (unpaired) electrons. The molecule has 21 heavy (non-hydrogen) atoms. The normalized spacial score (nSPS) is 11.2. The highest BCUT2D eigenvalue weighted by atomic mass is 19.4. The van der Waals surface area contributed by atoms with Gasteiger partial charge in [-0.3, -0.25) is 9.48 Å². The molecule has 1 aromatic carbocycles. The van der Waals surface area contributed by atoms with Gasteiger partial charge in [0.25, 0.3) is 5.91 Å². The zero-order chi connectivity index (χ0) is 15.6. The Morgan fingerprint density at radius 2 is 2.10 bits per heavy atom. The van der Waals surface area contributed by atoms with Crippen LogP contribution in [0, 0.1) is 0 Å². The number of nitrogens with two attached hydrogens (primary N) is 1. The van der Waals surface area contributed by atoms with E-state index in [0.29, 0.717) is 5.82 Å². The summed E-state index contributed by atoms with van der Waals surface area (Å²) in [6.45, 7) is 0. The Balaban J connectivity index is 2.16. The number of carbonyl (C=O) groups excluding carboxylic acids is 1. The van der Waals surface area contributed by atoms with Crippen molar-refractivity contribution in [3.8, 4) is 5.75 Å². The number of rotatable bonds is 3. The van der Waals surface area contributed by atoms with Crippen LogP contribution in [0.25, 0.3) is 0 Å². The van der Waals surface area contributed by atoms with Crippen molar-refractivity contribution in [3.63, 3.8) is 0 Å². The standard InChI is InChI=1S/C12H11F3N4O2/c1-19-10(4-5-17-19)18-11(20)7-2-3-9(8(16)6-7)21-12(13,14)15/h2-6H,16H2,1H3,(H,18,20). The fourth-order valence-corrected chi connectivity index (χ4v) is 1.59. The van der Waals surface area contributed by atoms with Gasteiger partial charge in [-0.15, -0.1) is 13.2 Å². The van der Waals surface area contributed by atoms with Gasteiger partial charge in [-0.05, 0) is 18.2 Å². The van der Waals surface area contributed by atoms with Crippen LogP contribution in [0.3, 0.4) is 0 Å². The van der Waals surface area contributed by atoms with Crippen LogP contribution in [0.15, 0.2) is 30.5 Å². The third-order valence-corrected chi connectivity index (χ3v) is 2.56. The fraction of sp³-hybridized carbons (Fsp3) is 0.167. The molecule has 0 spiro atoms. The number of hydrogen-bond acceptors (Lipinski definition) is 4. The van der Waals surface area contributed by atoms with Crippen LogP contribution < -0.4 is 15.8 Å². The summed E-state index contributed by atoms with van der Waals surface area (Å²) < 4.78 is 41.5. The molecule has 0 aliphatic heterocycles. The van der Waals surface area contributed by atoms with Gasteiger partial charge >= 0.3 is 6.36 Å². The highest BCUT2D eigenvalue weighted by Crippen LogP contribution is 2.29. The van der Waals surface area contributed by atoms with Gasteiger partial charge in [0.05, 0.1) is 11.9 Å². The maximum Gasteiger partial charge on any atom is 0.573 e. The lowest BCUT2D eigenvalue weighted by molar-refractivity contribution is -0.274. The molecule has 0 atom stereocenters. The van der Waals surface area contributed by atoms with E-state index in [2.05, 4.69) is 15.2 Å². The van der Waals surface area contributed by atoms with Gasteiger partial charge in [-0.25, -0.2) is 0 Å². The van der Waals surface area contributed by atoms with Crippen molar-refractivity contribution in [3.05, 3.63) is 36.0 Å². The van der Waals surface area contributed by atoms with Crippen LogP contribution in [0.1, 0.15) is 10.4 Å². The molecule has 3 N–H and O–H groups in total. The van der Waals surface area contributed by atoms with E-state index >= 15 is 0 Å². The monoisotopic (exact) mass is 300 g/mol. The van der Waals surface area contributed by atoms with Gasteiger partial charge in [0.1, 0.15) is 5.82 Å². The average Bonchev–Trinajstić information content (AvgIpc) is 2.76. The summed E-state index contributed by atoms with van der Waals surface area (Å²) in [4.78, 5) is 11.9. The minimum absolute atomic E-state index is 0.100. The summed E-state index contributed by atoms with van der Waals surface area (Å²) >= 11 is 0. The molecule has 2 rings (SSSR count). The van der Waals surface area contributed by atoms with E-state index in [1.165, 1.54) is 16.9 Å². The predicted octanol–water partition coefficient (Wildman–Crippen LogP) is 2.15. The first kappa shape index (κ1) is 14.7. The van der Waals surface area contributed by atoms with Gasteiger partial charge in [-0.2, -0.15) is 5.10 Å². The number of nitrogens with zero attached hydrogens (tertiary/aromatic N) is 2. The molecular weight excluding hydrogens is 289 g/mol. The Kier molecular flexibility index (Phi) is 3.74. The Morgan fingerprint density at radius 1 is 1.38 bits per heavy atom. The summed E-state index contributed by atoms with van der Waals surface area (Å²) in [5, 5.41) is 6.41. The molecule has 0 aliphatic rings. The molecule has 0 saturated heterocycles. The number of benzene rings is 1. The van der Waals surface area contributed by atoms with Gasteiger partial charge in [-0.1, -0.05) is 0 Å². The number of halogens is 3. The third-order valence-electron chi connectivity index (χ3n) is 2.56. The molecule has 1 amide bonds. The lowest BCUT2D eigenvalue weighted by Crippen LogP contribution is -2.19. The summed E-state index contributed by atoms with van der Waals surface area (Å²) in [5.74, 6) is -0.641. The van der Waals surface area contributed by atoms with Crippen molar-refractivity contribution >= 4 is 17.4 Å². The number of anilines is 2. The molecule has 112 valence electrons. The molecule has 2 aromatic rings. The number of alkyl halides is 3. The van der Waals surface area contributed by atoms with E-state index in [0.717, 1.165) is 12.1 Å². The highest BCUT2D eigenvalue weighted by molar-refractivity contribution is 6.04. The predicted molar refractivity (Wildman–Crippen MR) is 68.7 cm³/mol. The van der Waals surface area contributed by atoms with Gasteiger partial charge in [0, 0.05) is 18.7 Å². The number of nitrogen functional groups attached to an aromatic ring is 1. The van der Waals surface area contributed by atoms with Crippen LogP contribution in [-0.4, -0.2) is 22.1 Å². The number of amides is 1. The van der Waals surface area contributed by atoms with Gasteiger partial charge < -0.3 is 15.8 Å². The molecule has 0 fully saturated rings. The van der Waals surface area contributed by atoms with Gasteiger partial charge in [0.15, 0.2) is 5.75 Å². The van der Waals surface area contributed by atoms with Crippen molar-refractivity contribution < 1.29 is 22.7 Å². The van der Waals surface area contributed by atoms with E-state index in [-0.39, 0.29) is 11.3 Å². The van der Waals surface area contributed by atoms with Crippen LogP contribution in [0.4, 0.5) is 24.7 Å². The number of nitrogens with one attached hydrogen (secondary N) is 1. The first-order valence-electron chi connectivity index (χ1n) is 5.71. The molecule has 0 bridgehead atoms. The number of aromatic nitrogens is 2. The van der Waals surface area contributed by atoms with Crippen LogP contribution in [0.2, 0.25) is 0 Å². The van der Waals surface area contributed by atoms with Crippen molar-refractivity contribution in [1.82, 2.24) is 9.78 Å². The number of ether oxygens (including phenoxy) is 1. The summed E-state index contributed by atoms with van der Waals surface area (Å²) in [6.07, 6.45) is -3.35. The summed E-state index contributed by atoms with van der Waals surface area (Å²) in [7, 11) is 1.63. The second-order valence-corrected chi connectivity index (χ2v) is 4.09. The van der Waals surface area contributed by atoms with Crippen molar-refractivity contribution in [2.75, 3.05) is 11.1 Å². The molecular formula is C12H11F3N4O2. The maximum absolute atomic E-state index is 12.1. The fourth-order valence-electron chi connectivity index (χ4n) is 1.59. The minimum Gasteiger partial charge on any atom is -0.404 e.